The molecule has 34 heavy (non-hydrogen) atoms. The quantitative estimate of drug-likeness (QED) is 0.424. The maximum atomic E-state index is 13.2. The lowest BCUT2D eigenvalue weighted by Crippen LogP contribution is -2.26. The van der Waals surface area contributed by atoms with Crippen LogP contribution in [-0.4, -0.2) is 30.5 Å². The molecule has 0 heterocycles. The number of Topliss-reactive ketones (excluding diaryl/α,β-unsaturated/α-hetero) is 1. The van der Waals surface area contributed by atoms with E-state index in [1.807, 2.05) is 25.1 Å². The van der Waals surface area contributed by atoms with Gasteiger partial charge in [0, 0.05) is 40.6 Å². The van der Waals surface area contributed by atoms with Crippen LogP contribution < -0.4 is 10.2 Å². The lowest BCUT2D eigenvalue weighted by atomic mass is 9.88. The summed E-state index contributed by atoms with van der Waals surface area (Å²) >= 11 is 6.03. The number of hydrogen-bond donors (Lipinski definition) is 1. The van der Waals surface area contributed by atoms with Gasteiger partial charge in [0.05, 0.1) is 17.0 Å². The van der Waals surface area contributed by atoms with Crippen LogP contribution in [0.25, 0.3) is 0 Å². The Labute approximate surface area is 204 Å². The second kappa shape index (κ2) is 10.1. The summed E-state index contributed by atoms with van der Waals surface area (Å²) in [4.78, 5) is 33.3. The van der Waals surface area contributed by atoms with E-state index < -0.39 is 5.91 Å². The van der Waals surface area contributed by atoms with Crippen molar-refractivity contribution in [2.75, 3.05) is 23.3 Å². The number of rotatable bonds is 6. The van der Waals surface area contributed by atoms with E-state index in [0.29, 0.717) is 27.5 Å². The molecule has 0 saturated carbocycles. The molecular formula is C28H26ClN3O2. The van der Waals surface area contributed by atoms with Gasteiger partial charge in [-0.25, -0.2) is 4.99 Å². The number of anilines is 2. The van der Waals surface area contributed by atoms with Crippen LogP contribution in [0.5, 0.6) is 0 Å². The topological polar surface area (TPSA) is 61.8 Å². The highest BCUT2D eigenvalue weighted by Crippen LogP contribution is 2.29. The van der Waals surface area contributed by atoms with Crippen molar-refractivity contribution in [2.24, 2.45) is 4.99 Å². The van der Waals surface area contributed by atoms with Gasteiger partial charge in [0.2, 0.25) is 0 Å². The highest BCUT2D eigenvalue weighted by molar-refractivity contribution is 6.37. The predicted molar refractivity (Wildman–Crippen MR) is 140 cm³/mol. The Morgan fingerprint density at radius 3 is 2.38 bits per heavy atom. The van der Waals surface area contributed by atoms with E-state index in [9.17, 15) is 9.59 Å². The second-order valence-electron chi connectivity index (χ2n) is 8.04. The van der Waals surface area contributed by atoms with Gasteiger partial charge in [-0.1, -0.05) is 41.9 Å². The van der Waals surface area contributed by atoms with Gasteiger partial charge in [0.1, 0.15) is 0 Å². The summed E-state index contributed by atoms with van der Waals surface area (Å²) in [5.74, 6) is -0.828. The first kappa shape index (κ1) is 23.5. The number of aliphatic imine (C=N–C) groups is 1. The minimum atomic E-state index is -0.497. The van der Waals surface area contributed by atoms with E-state index in [-0.39, 0.29) is 11.4 Å². The molecule has 0 saturated heterocycles. The van der Waals surface area contributed by atoms with Crippen LogP contribution >= 0.6 is 11.6 Å². The molecular weight excluding hydrogens is 446 g/mol. The monoisotopic (exact) mass is 471 g/mol. The third-order valence-electron chi connectivity index (χ3n) is 5.85. The van der Waals surface area contributed by atoms with Crippen molar-refractivity contribution >= 4 is 46.1 Å². The lowest BCUT2D eigenvalue weighted by Gasteiger charge is -2.22. The second-order valence-corrected chi connectivity index (χ2v) is 8.47. The number of fused-ring (bicyclic) bond motifs is 1. The van der Waals surface area contributed by atoms with Crippen molar-refractivity contribution in [1.29, 1.82) is 0 Å². The van der Waals surface area contributed by atoms with Gasteiger partial charge in [-0.05, 0) is 68.8 Å². The zero-order valence-electron chi connectivity index (χ0n) is 19.4. The Bertz CT molecular complexity index is 1320. The standard InChI is InChI=1S/C28H26ClN3O2/c1-4-32(5-2)21-13-14-25(18(3)15-21)31-26-17-24(27(33)23-12-7-6-11-22(23)26)28(34)30-20-10-8-9-19(29)16-20/h6-17H,4-5H2,1-3H3,(H,30,34). The number of nitrogens with zero attached hydrogens (tertiary/aromatic N) is 2. The maximum Gasteiger partial charge on any atom is 0.259 e. The van der Waals surface area contributed by atoms with Crippen LogP contribution in [0.4, 0.5) is 17.1 Å². The molecule has 1 amide bonds. The molecule has 0 aromatic heterocycles. The number of amides is 1. The van der Waals surface area contributed by atoms with Gasteiger partial charge < -0.3 is 10.2 Å². The summed E-state index contributed by atoms with van der Waals surface area (Å²) in [6.45, 7) is 8.12. The van der Waals surface area contributed by atoms with Crippen LogP contribution in [0.1, 0.15) is 35.3 Å². The average Bonchev–Trinajstić information content (AvgIpc) is 2.83. The zero-order chi connectivity index (χ0) is 24.2. The van der Waals surface area contributed by atoms with Crippen molar-refractivity contribution in [3.8, 4) is 0 Å². The fourth-order valence-corrected chi connectivity index (χ4v) is 4.23. The van der Waals surface area contributed by atoms with E-state index in [1.165, 1.54) is 0 Å². The Kier molecular flexibility index (Phi) is 6.94. The van der Waals surface area contributed by atoms with Gasteiger partial charge in [0.25, 0.3) is 5.91 Å². The Hall–Kier alpha value is -3.70. The third kappa shape index (κ3) is 4.80. The molecule has 3 aromatic rings. The number of hydrogen-bond acceptors (Lipinski definition) is 4. The molecule has 0 radical (unpaired) electrons. The van der Waals surface area contributed by atoms with Crippen LogP contribution in [0.15, 0.2) is 83.4 Å². The van der Waals surface area contributed by atoms with Crippen molar-refractivity contribution in [1.82, 2.24) is 0 Å². The van der Waals surface area contributed by atoms with E-state index in [4.69, 9.17) is 16.6 Å². The number of carbonyl (C=O) groups is 2. The molecule has 0 unspecified atom stereocenters. The van der Waals surface area contributed by atoms with Gasteiger partial charge in [-0.15, -0.1) is 0 Å². The normalized spacial score (nSPS) is 13.9. The fraction of sp³-hybridized carbons (Fsp3) is 0.179. The first-order chi connectivity index (χ1) is 16.4. The van der Waals surface area contributed by atoms with E-state index in [0.717, 1.165) is 30.0 Å². The first-order valence-electron chi connectivity index (χ1n) is 11.3. The van der Waals surface area contributed by atoms with Crippen LogP contribution in [0.3, 0.4) is 0 Å². The molecule has 3 aromatic carbocycles. The highest BCUT2D eigenvalue weighted by Gasteiger charge is 2.28. The summed E-state index contributed by atoms with van der Waals surface area (Å²) in [6.07, 6.45) is 1.57. The summed E-state index contributed by atoms with van der Waals surface area (Å²) in [7, 11) is 0. The van der Waals surface area contributed by atoms with Gasteiger partial charge in [-0.2, -0.15) is 0 Å². The molecule has 0 spiro atoms. The molecule has 1 N–H and O–H groups in total. The molecule has 5 nitrogen and oxygen atoms in total. The van der Waals surface area contributed by atoms with Crippen LogP contribution in [0, 0.1) is 6.92 Å². The lowest BCUT2D eigenvalue weighted by molar-refractivity contribution is -0.112. The molecule has 0 bridgehead atoms. The van der Waals surface area contributed by atoms with Crippen molar-refractivity contribution in [2.45, 2.75) is 20.8 Å². The molecule has 0 atom stereocenters. The summed E-state index contributed by atoms with van der Waals surface area (Å²) in [6, 6.07) is 20.2. The Morgan fingerprint density at radius 1 is 0.971 bits per heavy atom. The van der Waals surface area contributed by atoms with E-state index in [2.05, 4.69) is 36.2 Å². The summed E-state index contributed by atoms with van der Waals surface area (Å²) in [5, 5.41) is 3.27. The fourth-order valence-electron chi connectivity index (χ4n) is 4.04. The molecule has 0 fully saturated rings. The molecule has 4 rings (SSSR count). The number of nitrogens with one attached hydrogen (secondary N) is 1. The van der Waals surface area contributed by atoms with Gasteiger partial charge >= 0.3 is 0 Å². The minimum Gasteiger partial charge on any atom is -0.372 e. The van der Waals surface area contributed by atoms with Crippen molar-refractivity contribution < 1.29 is 9.59 Å². The average molecular weight is 472 g/mol. The molecule has 0 aliphatic heterocycles. The molecule has 6 heteroatoms. The third-order valence-corrected chi connectivity index (χ3v) is 6.09. The molecule has 1 aliphatic rings. The number of carbonyl (C=O) groups excluding carboxylic acids is 2. The predicted octanol–water partition coefficient (Wildman–Crippen LogP) is 6.38. The number of benzene rings is 3. The van der Waals surface area contributed by atoms with Crippen LogP contribution in [-0.2, 0) is 4.79 Å². The van der Waals surface area contributed by atoms with E-state index in [1.54, 1.807) is 42.5 Å². The van der Waals surface area contributed by atoms with Crippen molar-refractivity contribution in [3.63, 3.8) is 0 Å². The Morgan fingerprint density at radius 2 is 1.71 bits per heavy atom. The minimum absolute atomic E-state index is 0.0369. The molecule has 1 aliphatic carbocycles. The number of allylic oxidation sites excluding steroid dienone is 1. The summed E-state index contributed by atoms with van der Waals surface area (Å²) < 4.78 is 0. The Balaban J connectivity index is 1.74. The maximum absolute atomic E-state index is 13.2. The number of ketones is 1. The first-order valence-corrected chi connectivity index (χ1v) is 11.7. The van der Waals surface area contributed by atoms with Crippen LogP contribution in [0.2, 0.25) is 5.02 Å². The van der Waals surface area contributed by atoms with E-state index >= 15 is 0 Å². The van der Waals surface area contributed by atoms with Gasteiger partial charge in [0.15, 0.2) is 5.78 Å². The van der Waals surface area contributed by atoms with Gasteiger partial charge in [-0.3, -0.25) is 9.59 Å². The van der Waals surface area contributed by atoms with Crippen molar-refractivity contribution in [3.05, 3.63) is 100 Å². The largest absolute Gasteiger partial charge is 0.372 e. The number of halogens is 1. The zero-order valence-corrected chi connectivity index (χ0v) is 20.2. The highest BCUT2D eigenvalue weighted by atomic mass is 35.5. The molecule has 172 valence electrons. The SMILES string of the molecule is CCN(CC)c1ccc(N=C2C=C(C(=O)Nc3cccc(Cl)c3)C(=O)c3ccccc32)c(C)c1. The summed E-state index contributed by atoms with van der Waals surface area (Å²) in [5.41, 5.74) is 5.25. The number of aryl methyl sites for hydroxylation is 1. The smallest absolute Gasteiger partial charge is 0.259 e.